The second-order valence-electron chi connectivity index (χ2n) is 16.2. The van der Waals surface area contributed by atoms with Gasteiger partial charge in [0.15, 0.2) is 0 Å². The first-order valence-electron chi connectivity index (χ1n) is 21.5. The van der Waals surface area contributed by atoms with Crippen LogP contribution in [0, 0.1) is 0 Å². The van der Waals surface area contributed by atoms with Crippen molar-refractivity contribution in [2.24, 2.45) is 0 Å². The Morgan fingerprint density at radius 1 is 0.405 bits per heavy atom. The van der Waals surface area contributed by atoms with Crippen LogP contribution in [0.1, 0.15) is 11.1 Å². The van der Waals surface area contributed by atoms with Crippen LogP contribution in [0.3, 0.4) is 0 Å². The third kappa shape index (κ3) is 17.2. The Morgan fingerprint density at radius 2 is 0.714 bits per heavy atom. The Bertz CT molecular complexity index is 4130. The summed E-state index contributed by atoms with van der Waals surface area (Å²) in [7, 11) is -33.0. The number of aliphatic carboxylic acids is 4. The molecule has 6 aromatic rings. The second-order valence-corrected chi connectivity index (χ2v) is 24.3. The standard InChI is InChI=1S/C40H36N12O26S6/c53-31(54)15-51(16-32(55)56)39-47-35(45-37(49-39)43-25-13-23(79(61,62)63)7-9-27(25)81(67,68)69)41-21-5-3-19(29(11-21)83(73,74)75)1-2-20-4-6-22(12-30(20)84(76,77)78)42-36-46-38(50-40(48-36)52(17-33(57)58)18-34(59)60)44-26-14-24(80(64,65)66)8-10-28(26)82(70,71)72/h1-14H,15-18H2,(H,53,54)(H,55,56)(H,57,58)(H,59,60)(H,61,62,63)(H,64,65,66)(H,67,68,69)(H,70,71,72)(H,73,74,75)(H,76,77,78)(H2,41,43,45,47,49)(H2,42,44,46,48,50)/p-9/b2-1+. The van der Waals surface area contributed by atoms with Crippen molar-refractivity contribution >= 4 is 155 Å². The molecular weight excluding hydrogens is 1260 g/mol. The molecule has 2 aromatic heterocycles. The Labute approximate surface area is 470 Å². The molecule has 6 rings (SSSR count). The number of hydrogen-bond donors (Lipinski definition) is 5. The van der Waals surface area contributed by atoms with Crippen LogP contribution < -0.4 is 46.4 Å². The minimum Gasteiger partial charge on any atom is -0.744 e. The fourth-order valence-corrected chi connectivity index (χ4v) is 10.4. The number of benzene rings is 4. The molecule has 44 heteroatoms. The molecule has 38 nitrogen and oxygen atoms in total. The molecule has 0 saturated carbocycles. The summed E-state index contributed by atoms with van der Waals surface area (Å²) in [6, 6.07) is 7.28. The molecule has 84 heavy (non-hydrogen) atoms. The quantitative estimate of drug-likeness (QED) is 0.0250. The van der Waals surface area contributed by atoms with Crippen LogP contribution in [-0.4, -0.2) is 163 Å². The van der Waals surface area contributed by atoms with Crippen molar-refractivity contribution < 1.29 is 117 Å². The van der Waals surface area contributed by atoms with Gasteiger partial charge in [-0.3, -0.25) is 4.79 Å². The van der Waals surface area contributed by atoms with Crippen molar-refractivity contribution in [3.8, 4) is 0 Å². The molecule has 448 valence electrons. The van der Waals surface area contributed by atoms with Crippen LogP contribution in [0.4, 0.5) is 58.4 Å². The SMILES string of the molecule is O=C([O-])CN(CC(=O)[O-])c1nc(Nc2ccc(/C=C/c3ccc(Nc4nc(Nc5cc(S(=O)(=O)[O-])ccc5S(=O)(=O)[O-])nc(N(CC(=O)[O-])CC(=O)O)n4)cc3S(=O)(=O)[O-])c(S(=O)(=O)[O-])c2)nc(Nc2cc(S(=O)(=O)[O-])ccc2S(=O)(=O)[O-])n1. The molecule has 0 aliphatic rings. The van der Waals surface area contributed by atoms with Crippen LogP contribution in [0.25, 0.3) is 12.2 Å². The van der Waals surface area contributed by atoms with Gasteiger partial charge in [-0.25, -0.2) is 50.5 Å². The van der Waals surface area contributed by atoms with Crippen molar-refractivity contribution in [3.05, 3.63) is 83.9 Å². The average Bonchev–Trinajstić information content (AvgIpc) is 1.56. The highest BCUT2D eigenvalue weighted by Gasteiger charge is 2.23. The largest absolute Gasteiger partial charge is 0.744 e. The normalized spacial score (nSPS) is 12.3. The van der Waals surface area contributed by atoms with E-state index in [9.17, 15) is 117 Å². The number of nitrogens with zero attached hydrogens (tertiary/aromatic N) is 8. The number of anilines is 10. The maximum absolute atomic E-state index is 12.7. The Kier molecular flexibility index (Phi) is 18.5. The molecule has 0 radical (unpaired) electrons. The van der Waals surface area contributed by atoms with Gasteiger partial charge >= 0.3 is 5.97 Å². The van der Waals surface area contributed by atoms with Gasteiger partial charge in [-0.15, -0.1) is 0 Å². The predicted molar refractivity (Wildman–Crippen MR) is 262 cm³/mol. The third-order valence-electron chi connectivity index (χ3n) is 10.1. The van der Waals surface area contributed by atoms with E-state index < -0.39 is 210 Å². The van der Waals surface area contributed by atoms with E-state index in [-0.39, 0.29) is 0 Å². The smallest absolute Gasteiger partial charge is 0.323 e. The number of hydrogen-bond acceptors (Lipinski definition) is 37. The third-order valence-corrected chi connectivity index (χ3v) is 15.4. The van der Waals surface area contributed by atoms with Gasteiger partial charge in [-0.2, -0.15) is 29.9 Å². The number of carbonyl (C=O) groups excluding carboxylic acids is 3. The zero-order valence-corrected chi connectivity index (χ0v) is 45.5. The lowest BCUT2D eigenvalue weighted by molar-refractivity contribution is -0.306. The fourth-order valence-electron chi connectivity index (χ4n) is 6.83. The summed E-state index contributed by atoms with van der Waals surface area (Å²) in [5, 5.41) is 53.2. The minimum absolute atomic E-state index is 0.352. The molecule has 0 spiro atoms. The average molecular weight is 1280 g/mol. The molecule has 5 N–H and O–H groups in total. The van der Waals surface area contributed by atoms with Gasteiger partial charge < -0.3 is 93.2 Å². The van der Waals surface area contributed by atoms with Gasteiger partial charge in [0.1, 0.15) is 67.3 Å². The first kappa shape index (κ1) is 64.0. The monoisotopic (exact) mass is 1280 g/mol. The van der Waals surface area contributed by atoms with Gasteiger partial charge in [-0.05, 0) is 71.8 Å². The van der Waals surface area contributed by atoms with E-state index in [1.807, 2.05) is 0 Å². The van der Waals surface area contributed by atoms with Crippen LogP contribution >= 0.6 is 0 Å². The summed E-state index contributed by atoms with van der Waals surface area (Å²) >= 11 is 0. The summed E-state index contributed by atoms with van der Waals surface area (Å²) in [6.07, 6.45) is 1.58. The Balaban J connectivity index is 1.41. The van der Waals surface area contributed by atoms with Gasteiger partial charge in [0, 0.05) is 11.4 Å². The highest BCUT2D eigenvalue weighted by Crippen LogP contribution is 2.32. The number of rotatable bonds is 26. The maximum Gasteiger partial charge on any atom is 0.323 e. The highest BCUT2D eigenvalue weighted by molar-refractivity contribution is 7.87. The Morgan fingerprint density at radius 3 is 1.00 bits per heavy atom. The number of carboxylic acids is 4. The number of nitrogens with one attached hydrogen (secondary N) is 4. The first-order valence-corrected chi connectivity index (χ1v) is 30.0. The van der Waals surface area contributed by atoms with E-state index in [1.54, 1.807) is 0 Å². The zero-order valence-electron chi connectivity index (χ0n) is 40.6. The van der Waals surface area contributed by atoms with Crippen LogP contribution in [0.5, 0.6) is 0 Å². The lowest BCUT2D eigenvalue weighted by Gasteiger charge is -2.24. The molecule has 0 atom stereocenters. The topological polar surface area (TPSA) is 633 Å². The number of aromatic nitrogens is 6. The van der Waals surface area contributed by atoms with E-state index in [0.717, 1.165) is 36.4 Å². The lowest BCUT2D eigenvalue weighted by atomic mass is 10.1. The molecular formula is C40H27N12O26S6-9. The fraction of sp³-hybridized carbons (Fsp3) is 0.100. The summed E-state index contributed by atoms with van der Waals surface area (Å²) in [5.74, 6) is -13.0. The molecule has 0 unspecified atom stereocenters. The minimum atomic E-state index is -5.62. The van der Waals surface area contributed by atoms with Gasteiger partial charge in [-0.1, -0.05) is 24.3 Å². The highest BCUT2D eigenvalue weighted by atomic mass is 32.2. The van der Waals surface area contributed by atoms with Crippen LogP contribution in [-0.2, 0) is 79.9 Å². The summed E-state index contributed by atoms with van der Waals surface area (Å²) in [4.78, 5) is 63.2. The van der Waals surface area contributed by atoms with Gasteiger partial charge in [0.05, 0.1) is 78.3 Å². The molecule has 0 amide bonds. The molecule has 0 aliphatic carbocycles. The predicted octanol–water partition coefficient (Wildman–Crippen LogP) is -5.43. The lowest BCUT2D eigenvalue weighted by Crippen LogP contribution is -2.45. The van der Waals surface area contributed by atoms with Gasteiger partial charge in [0.25, 0.3) is 0 Å². The number of carboxylic acid groups (broad SMARTS) is 4. The van der Waals surface area contributed by atoms with E-state index in [4.69, 9.17) is 0 Å². The van der Waals surface area contributed by atoms with Crippen LogP contribution in [0.15, 0.2) is 102 Å². The molecule has 4 aromatic carbocycles. The van der Waals surface area contributed by atoms with Crippen LogP contribution in [0.2, 0.25) is 0 Å². The maximum atomic E-state index is 12.7. The van der Waals surface area contributed by atoms with Crippen molar-refractivity contribution in [3.63, 3.8) is 0 Å². The van der Waals surface area contributed by atoms with E-state index in [2.05, 4.69) is 51.2 Å². The molecule has 0 bridgehead atoms. The van der Waals surface area contributed by atoms with Crippen molar-refractivity contribution in [1.29, 1.82) is 0 Å². The van der Waals surface area contributed by atoms with Crippen molar-refractivity contribution in [2.75, 3.05) is 57.2 Å². The van der Waals surface area contributed by atoms with Crippen molar-refractivity contribution in [1.82, 2.24) is 29.9 Å². The first-order chi connectivity index (χ1) is 38.6. The summed E-state index contributed by atoms with van der Waals surface area (Å²) in [6.45, 7) is -5.13. The molecule has 0 saturated heterocycles. The van der Waals surface area contributed by atoms with E-state index in [1.165, 1.54) is 0 Å². The second kappa shape index (κ2) is 24.3. The number of carbonyl (C=O) groups is 4. The molecule has 0 aliphatic heterocycles. The van der Waals surface area contributed by atoms with E-state index >= 15 is 0 Å². The molecule has 2 heterocycles. The zero-order chi connectivity index (χ0) is 62.7. The van der Waals surface area contributed by atoms with E-state index in [0.29, 0.717) is 58.3 Å². The summed E-state index contributed by atoms with van der Waals surface area (Å²) in [5.41, 5.74) is -4.06. The summed E-state index contributed by atoms with van der Waals surface area (Å²) < 4.78 is 219. The van der Waals surface area contributed by atoms with Crippen molar-refractivity contribution in [2.45, 2.75) is 29.4 Å². The molecule has 0 fully saturated rings. The van der Waals surface area contributed by atoms with Gasteiger partial charge in [0.2, 0.25) is 35.7 Å². The Hall–Kier alpha value is -9.22.